The van der Waals surface area contributed by atoms with Crippen LogP contribution in [0.3, 0.4) is 0 Å². The molecule has 0 aliphatic carbocycles. The molecule has 0 heterocycles. The van der Waals surface area contributed by atoms with Crippen molar-refractivity contribution in [1.29, 1.82) is 0 Å². The molecule has 0 saturated heterocycles. The zero-order valence-electron chi connectivity index (χ0n) is 14.4. The number of hydrogen-bond acceptors (Lipinski definition) is 4. The van der Waals surface area contributed by atoms with E-state index in [0.29, 0.717) is 13.0 Å². The molecule has 0 fully saturated rings. The molecule has 4 nitrogen and oxygen atoms in total. The first-order valence-electron chi connectivity index (χ1n) is 8.50. The van der Waals surface area contributed by atoms with E-state index in [2.05, 4.69) is 31.2 Å². The Kier molecular flexibility index (Phi) is 6.76. The summed E-state index contributed by atoms with van der Waals surface area (Å²) in [6.07, 6.45) is -0.115. The quantitative estimate of drug-likeness (QED) is 0.730. The fourth-order valence-corrected chi connectivity index (χ4v) is 3.02. The summed E-state index contributed by atoms with van der Waals surface area (Å²) in [5.74, 6) is -0.429. The van der Waals surface area contributed by atoms with Crippen molar-refractivity contribution in [2.45, 2.75) is 51.7 Å². The van der Waals surface area contributed by atoms with Gasteiger partial charge in [-0.15, -0.1) is 0 Å². The van der Waals surface area contributed by atoms with Crippen molar-refractivity contribution in [2.24, 2.45) is 0 Å². The molecule has 2 aromatic carbocycles. The molecule has 0 aliphatic rings. The number of aliphatic hydroxyl groups is 2. The number of rotatable bonds is 8. The Hall–Kier alpha value is -1.91. The Balaban J connectivity index is 1.93. The van der Waals surface area contributed by atoms with Crippen molar-refractivity contribution in [3.05, 3.63) is 47.5 Å². The predicted octanol–water partition coefficient (Wildman–Crippen LogP) is 3.15. The monoisotopic (exact) mass is 330 g/mol. The second-order valence-electron chi connectivity index (χ2n) is 6.17. The smallest absolute Gasteiger partial charge is 0.308 e. The van der Waals surface area contributed by atoms with Crippen molar-refractivity contribution >= 4 is 16.7 Å². The highest BCUT2D eigenvalue weighted by Gasteiger charge is 2.17. The summed E-state index contributed by atoms with van der Waals surface area (Å²) in [5.41, 5.74) is 2.43. The molecule has 2 N–H and O–H groups in total. The van der Waals surface area contributed by atoms with Crippen molar-refractivity contribution in [3.63, 3.8) is 0 Å². The molecule has 0 aliphatic heterocycles. The largest absolute Gasteiger partial charge is 0.466 e. The van der Waals surface area contributed by atoms with Crippen LogP contribution in [0.15, 0.2) is 36.4 Å². The molecule has 2 aromatic rings. The third-order valence-corrected chi connectivity index (χ3v) is 4.25. The molecule has 0 spiro atoms. The minimum Gasteiger partial charge on any atom is -0.466 e. The Labute approximate surface area is 143 Å². The van der Waals surface area contributed by atoms with Crippen LogP contribution in [-0.4, -0.2) is 35.0 Å². The van der Waals surface area contributed by atoms with Crippen LogP contribution < -0.4 is 0 Å². The highest BCUT2D eigenvalue weighted by molar-refractivity contribution is 5.86. The Morgan fingerprint density at radius 1 is 1.12 bits per heavy atom. The number of aryl methyl sites for hydroxylation is 2. The summed E-state index contributed by atoms with van der Waals surface area (Å²) >= 11 is 0. The maximum atomic E-state index is 11.3. The molecule has 2 unspecified atom stereocenters. The van der Waals surface area contributed by atoms with E-state index in [4.69, 9.17) is 4.74 Å². The number of carbonyl (C=O) groups excluding carboxylic acids is 1. The van der Waals surface area contributed by atoms with Gasteiger partial charge in [-0.05, 0) is 55.0 Å². The van der Waals surface area contributed by atoms with Crippen molar-refractivity contribution in [1.82, 2.24) is 0 Å². The average molecular weight is 330 g/mol. The summed E-state index contributed by atoms with van der Waals surface area (Å²) in [6.45, 7) is 4.10. The topological polar surface area (TPSA) is 66.8 Å². The SMILES string of the molecule is CCOC(=O)CC(O)CC(O)CCc1c(C)ccc2ccccc12. The molecule has 130 valence electrons. The lowest BCUT2D eigenvalue weighted by molar-refractivity contribution is -0.145. The fraction of sp³-hybridized carbons (Fsp3) is 0.450. The number of aliphatic hydroxyl groups excluding tert-OH is 2. The Morgan fingerprint density at radius 3 is 2.62 bits per heavy atom. The lowest BCUT2D eigenvalue weighted by Gasteiger charge is -2.16. The van der Waals surface area contributed by atoms with Crippen LogP contribution in [0, 0.1) is 6.92 Å². The van der Waals surface area contributed by atoms with Crippen LogP contribution in [0.25, 0.3) is 10.8 Å². The number of esters is 1. The van der Waals surface area contributed by atoms with E-state index in [0.717, 1.165) is 6.42 Å². The van der Waals surface area contributed by atoms with Crippen molar-refractivity contribution < 1.29 is 19.7 Å². The number of hydrogen-bond donors (Lipinski definition) is 2. The number of benzene rings is 2. The second kappa shape index (κ2) is 8.81. The van der Waals surface area contributed by atoms with E-state index in [1.54, 1.807) is 6.92 Å². The van der Waals surface area contributed by atoms with Gasteiger partial charge in [0, 0.05) is 0 Å². The molecule has 0 saturated carbocycles. The summed E-state index contributed by atoms with van der Waals surface area (Å²) in [6, 6.07) is 12.4. The fourth-order valence-electron chi connectivity index (χ4n) is 3.02. The molecule has 2 atom stereocenters. The number of ether oxygens (including phenoxy) is 1. The first kappa shape index (κ1) is 18.4. The van der Waals surface area contributed by atoms with Gasteiger partial charge in [0.1, 0.15) is 0 Å². The van der Waals surface area contributed by atoms with E-state index in [1.807, 2.05) is 12.1 Å². The van der Waals surface area contributed by atoms with Crippen molar-refractivity contribution in [2.75, 3.05) is 6.61 Å². The zero-order chi connectivity index (χ0) is 17.5. The number of fused-ring (bicyclic) bond motifs is 1. The van der Waals surface area contributed by atoms with Gasteiger partial charge in [0.25, 0.3) is 0 Å². The molecule has 0 bridgehead atoms. The van der Waals surface area contributed by atoms with E-state index >= 15 is 0 Å². The van der Waals surface area contributed by atoms with Gasteiger partial charge in [-0.3, -0.25) is 4.79 Å². The van der Waals surface area contributed by atoms with E-state index in [1.165, 1.54) is 21.9 Å². The third kappa shape index (κ3) is 5.05. The minimum absolute atomic E-state index is 0.0712. The standard InChI is InChI=1S/C20H26O4/c1-3-24-20(23)13-17(22)12-16(21)10-11-18-14(2)8-9-15-6-4-5-7-19(15)18/h4-9,16-17,21-22H,3,10-13H2,1-2H3. The van der Waals surface area contributed by atoms with E-state index in [-0.39, 0.29) is 12.8 Å². The normalized spacial score (nSPS) is 13.7. The van der Waals surface area contributed by atoms with Gasteiger partial charge in [0.2, 0.25) is 0 Å². The first-order valence-corrected chi connectivity index (χ1v) is 8.50. The summed E-state index contributed by atoms with van der Waals surface area (Å²) in [4.78, 5) is 11.3. The van der Waals surface area contributed by atoms with Crippen LogP contribution in [0.2, 0.25) is 0 Å². The molecule has 4 heteroatoms. The van der Waals surface area contributed by atoms with Gasteiger partial charge in [0.05, 0.1) is 25.2 Å². The predicted molar refractivity (Wildman–Crippen MR) is 94.9 cm³/mol. The van der Waals surface area contributed by atoms with Gasteiger partial charge in [0.15, 0.2) is 0 Å². The van der Waals surface area contributed by atoms with Crippen LogP contribution in [0.1, 0.15) is 37.3 Å². The number of carbonyl (C=O) groups is 1. The average Bonchev–Trinajstić information content (AvgIpc) is 2.53. The van der Waals surface area contributed by atoms with Crippen LogP contribution in [0.4, 0.5) is 0 Å². The van der Waals surface area contributed by atoms with E-state index < -0.39 is 18.2 Å². The molecule has 24 heavy (non-hydrogen) atoms. The van der Waals surface area contributed by atoms with Gasteiger partial charge >= 0.3 is 5.97 Å². The Bertz CT molecular complexity index is 680. The third-order valence-electron chi connectivity index (χ3n) is 4.25. The highest BCUT2D eigenvalue weighted by Crippen LogP contribution is 2.24. The van der Waals surface area contributed by atoms with Gasteiger partial charge in [-0.1, -0.05) is 36.4 Å². The van der Waals surface area contributed by atoms with E-state index in [9.17, 15) is 15.0 Å². The second-order valence-corrected chi connectivity index (χ2v) is 6.17. The molecular formula is C20H26O4. The van der Waals surface area contributed by atoms with Crippen molar-refractivity contribution in [3.8, 4) is 0 Å². The zero-order valence-corrected chi connectivity index (χ0v) is 14.4. The maximum Gasteiger partial charge on any atom is 0.308 e. The lowest BCUT2D eigenvalue weighted by atomic mass is 9.94. The molecule has 2 rings (SSSR count). The summed E-state index contributed by atoms with van der Waals surface area (Å²) in [5, 5.41) is 22.4. The summed E-state index contributed by atoms with van der Waals surface area (Å²) in [7, 11) is 0. The van der Waals surface area contributed by atoms with Gasteiger partial charge < -0.3 is 14.9 Å². The highest BCUT2D eigenvalue weighted by atomic mass is 16.5. The van der Waals surface area contributed by atoms with Crippen LogP contribution >= 0.6 is 0 Å². The Morgan fingerprint density at radius 2 is 1.88 bits per heavy atom. The minimum atomic E-state index is -0.868. The molecule has 0 amide bonds. The van der Waals surface area contributed by atoms with Crippen LogP contribution in [-0.2, 0) is 16.0 Å². The first-order chi connectivity index (χ1) is 11.5. The molecule has 0 aromatic heterocycles. The van der Waals surface area contributed by atoms with Gasteiger partial charge in [-0.2, -0.15) is 0 Å². The van der Waals surface area contributed by atoms with Gasteiger partial charge in [-0.25, -0.2) is 0 Å². The lowest BCUT2D eigenvalue weighted by Crippen LogP contribution is -2.22. The van der Waals surface area contributed by atoms with Crippen LogP contribution in [0.5, 0.6) is 0 Å². The molecule has 0 radical (unpaired) electrons. The summed E-state index contributed by atoms with van der Waals surface area (Å²) < 4.78 is 4.81. The maximum absolute atomic E-state index is 11.3. The molecular weight excluding hydrogens is 304 g/mol.